The number of benzene rings is 2. The van der Waals surface area contributed by atoms with E-state index in [1.165, 1.54) is 0 Å². The van der Waals surface area contributed by atoms with Crippen LogP contribution in [-0.2, 0) is 14.3 Å². The quantitative estimate of drug-likeness (QED) is 0.918. The summed E-state index contributed by atoms with van der Waals surface area (Å²) in [5, 5.41) is 2.91. The average Bonchev–Trinajstić information content (AvgIpc) is 2.64. The zero-order chi connectivity index (χ0) is 16.8. The van der Waals surface area contributed by atoms with Crippen LogP contribution in [-0.4, -0.2) is 39.3 Å². The predicted octanol–water partition coefficient (Wildman–Crippen LogP) is 2.85. The molecule has 0 aliphatic carbocycles. The summed E-state index contributed by atoms with van der Waals surface area (Å²) in [4.78, 5) is 14.7. The van der Waals surface area contributed by atoms with Crippen LogP contribution in [0, 0.1) is 0 Å². The Morgan fingerprint density at radius 3 is 2.38 bits per heavy atom. The molecule has 1 aliphatic heterocycles. The third kappa shape index (κ3) is 3.93. The van der Waals surface area contributed by atoms with Gasteiger partial charge >= 0.3 is 0 Å². The summed E-state index contributed by atoms with van der Waals surface area (Å²) in [5.41, 5.74) is 2.74. The van der Waals surface area contributed by atoms with Crippen molar-refractivity contribution in [3.05, 3.63) is 60.2 Å². The van der Waals surface area contributed by atoms with Crippen LogP contribution < -0.4 is 10.2 Å². The molecule has 1 aliphatic rings. The highest BCUT2D eigenvalue weighted by Gasteiger charge is 2.20. The lowest BCUT2D eigenvalue weighted by Gasteiger charge is -2.29. The highest BCUT2D eigenvalue weighted by atomic mass is 16.5. The molecule has 1 heterocycles. The highest BCUT2D eigenvalue weighted by molar-refractivity contribution is 5.95. The number of nitrogens with zero attached hydrogens (tertiary/aromatic N) is 1. The lowest BCUT2D eigenvalue weighted by atomic mass is 10.1. The molecule has 5 heteroatoms. The lowest BCUT2D eigenvalue weighted by molar-refractivity contribution is -0.126. The molecule has 2 aromatic rings. The van der Waals surface area contributed by atoms with E-state index in [4.69, 9.17) is 9.47 Å². The summed E-state index contributed by atoms with van der Waals surface area (Å²) in [7, 11) is 1.54. The van der Waals surface area contributed by atoms with E-state index >= 15 is 0 Å². The summed E-state index contributed by atoms with van der Waals surface area (Å²) < 4.78 is 10.7. The van der Waals surface area contributed by atoms with Crippen molar-refractivity contribution in [1.82, 2.24) is 0 Å². The van der Waals surface area contributed by atoms with Gasteiger partial charge in [-0.15, -0.1) is 0 Å². The highest BCUT2D eigenvalue weighted by Crippen LogP contribution is 2.22. The Hall–Kier alpha value is -2.37. The van der Waals surface area contributed by atoms with Crippen LogP contribution in [0.4, 0.5) is 11.4 Å². The molecule has 24 heavy (non-hydrogen) atoms. The number of nitrogens with one attached hydrogen (secondary N) is 1. The van der Waals surface area contributed by atoms with Crippen LogP contribution in [0.2, 0.25) is 0 Å². The summed E-state index contributed by atoms with van der Waals surface area (Å²) >= 11 is 0. The number of morpholine rings is 1. The summed E-state index contributed by atoms with van der Waals surface area (Å²) in [6.07, 6.45) is -0.620. The largest absolute Gasteiger partial charge is 0.378 e. The minimum Gasteiger partial charge on any atom is -0.378 e. The van der Waals surface area contributed by atoms with Crippen molar-refractivity contribution < 1.29 is 14.3 Å². The van der Waals surface area contributed by atoms with E-state index in [2.05, 4.69) is 10.2 Å². The number of methoxy groups -OCH3 is 1. The zero-order valence-electron chi connectivity index (χ0n) is 13.8. The topological polar surface area (TPSA) is 50.8 Å². The number of hydrogen-bond acceptors (Lipinski definition) is 4. The second kappa shape index (κ2) is 7.95. The van der Waals surface area contributed by atoms with Gasteiger partial charge in [0.2, 0.25) is 0 Å². The predicted molar refractivity (Wildman–Crippen MR) is 94.3 cm³/mol. The fourth-order valence-electron chi connectivity index (χ4n) is 2.81. The third-order valence-corrected chi connectivity index (χ3v) is 4.09. The number of anilines is 2. The molecule has 1 amide bonds. The molecule has 0 bridgehead atoms. The van der Waals surface area contributed by atoms with Gasteiger partial charge < -0.3 is 19.7 Å². The smallest absolute Gasteiger partial charge is 0.258 e. The molecule has 1 N–H and O–H groups in total. The number of ether oxygens (including phenoxy) is 2. The van der Waals surface area contributed by atoms with Gasteiger partial charge in [0.05, 0.1) is 13.2 Å². The molecule has 0 radical (unpaired) electrons. The van der Waals surface area contributed by atoms with Crippen LogP contribution >= 0.6 is 0 Å². The Balaban J connectivity index is 1.65. The first-order valence-electron chi connectivity index (χ1n) is 8.09. The molecular formula is C19H22N2O3. The standard InChI is InChI=1S/C19H22N2O3/c1-23-18(15-5-3-2-4-6-15)19(22)20-16-7-9-17(10-8-16)21-11-13-24-14-12-21/h2-10,18H,11-14H2,1H3,(H,20,22)/t18-/m0/s1. The van der Waals surface area contributed by atoms with Gasteiger partial charge in [0.25, 0.3) is 5.91 Å². The molecule has 0 aromatic heterocycles. The minimum absolute atomic E-state index is 0.178. The molecule has 0 spiro atoms. The van der Waals surface area contributed by atoms with Gasteiger partial charge in [0.1, 0.15) is 0 Å². The number of amides is 1. The molecule has 5 nitrogen and oxygen atoms in total. The van der Waals surface area contributed by atoms with Crippen molar-refractivity contribution in [1.29, 1.82) is 0 Å². The third-order valence-electron chi connectivity index (χ3n) is 4.09. The van der Waals surface area contributed by atoms with E-state index in [9.17, 15) is 4.79 Å². The molecule has 2 aromatic carbocycles. The van der Waals surface area contributed by atoms with E-state index in [1.807, 2.05) is 54.6 Å². The Morgan fingerprint density at radius 2 is 1.75 bits per heavy atom. The summed E-state index contributed by atoms with van der Waals surface area (Å²) in [6, 6.07) is 17.3. The molecule has 0 unspecified atom stereocenters. The molecular weight excluding hydrogens is 304 g/mol. The van der Waals surface area contributed by atoms with Gasteiger partial charge in [-0.05, 0) is 29.8 Å². The van der Waals surface area contributed by atoms with Crippen LogP contribution in [0.3, 0.4) is 0 Å². The second-order valence-corrected chi connectivity index (χ2v) is 5.66. The van der Waals surface area contributed by atoms with Crippen molar-refractivity contribution in [2.75, 3.05) is 43.6 Å². The molecule has 0 saturated carbocycles. The molecule has 1 atom stereocenters. The van der Waals surface area contributed by atoms with E-state index in [-0.39, 0.29) is 5.91 Å². The van der Waals surface area contributed by atoms with Crippen molar-refractivity contribution in [3.8, 4) is 0 Å². The minimum atomic E-state index is -0.620. The maximum atomic E-state index is 12.5. The Labute approximate surface area is 142 Å². The Kier molecular flexibility index (Phi) is 5.46. The van der Waals surface area contributed by atoms with Crippen LogP contribution in [0.5, 0.6) is 0 Å². The van der Waals surface area contributed by atoms with Crippen LogP contribution in [0.1, 0.15) is 11.7 Å². The first-order valence-corrected chi connectivity index (χ1v) is 8.09. The van der Waals surface area contributed by atoms with Gasteiger partial charge in [0, 0.05) is 31.6 Å². The zero-order valence-corrected chi connectivity index (χ0v) is 13.8. The maximum Gasteiger partial charge on any atom is 0.258 e. The second-order valence-electron chi connectivity index (χ2n) is 5.66. The molecule has 126 valence electrons. The van der Waals surface area contributed by atoms with E-state index < -0.39 is 6.10 Å². The van der Waals surface area contributed by atoms with Crippen molar-refractivity contribution in [2.45, 2.75) is 6.10 Å². The van der Waals surface area contributed by atoms with E-state index in [0.717, 1.165) is 43.2 Å². The Morgan fingerprint density at radius 1 is 1.08 bits per heavy atom. The van der Waals surface area contributed by atoms with Gasteiger partial charge in [-0.25, -0.2) is 0 Å². The summed E-state index contributed by atoms with van der Waals surface area (Å²) in [6.45, 7) is 3.30. The van der Waals surface area contributed by atoms with Gasteiger partial charge in [-0.1, -0.05) is 30.3 Å². The molecule has 3 rings (SSSR count). The number of hydrogen-bond donors (Lipinski definition) is 1. The fraction of sp³-hybridized carbons (Fsp3) is 0.316. The number of rotatable bonds is 5. The van der Waals surface area contributed by atoms with E-state index in [1.54, 1.807) is 7.11 Å². The molecule has 1 fully saturated rings. The van der Waals surface area contributed by atoms with Crippen molar-refractivity contribution in [3.63, 3.8) is 0 Å². The molecule has 1 saturated heterocycles. The Bertz CT molecular complexity index is 652. The van der Waals surface area contributed by atoms with Crippen LogP contribution in [0.25, 0.3) is 0 Å². The van der Waals surface area contributed by atoms with Crippen molar-refractivity contribution in [2.24, 2.45) is 0 Å². The maximum absolute atomic E-state index is 12.5. The van der Waals surface area contributed by atoms with Gasteiger partial charge in [-0.2, -0.15) is 0 Å². The SMILES string of the molecule is CO[C@H](C(=O)Nc1ccc(N2CCOCC2)cc1)c1ccccc1. The first-order chi connectivity index (χ1) is 11.8. The van der Waals surface area contributed by atoms with Crippen LogP contribution in [0.15, 0.2) is 54.6 Å². The van der Waals surface area contributed by atoms with Gasteiger partial charge in [0.15, 0.2) is 6.10 Å². The number of carbonyl (C=O) groups is 1. The summed E-state index contributed by atoms with van der Waals surface area (Å²) in [5.74, 6) is -0.178. The lowest BCUT2D eigenvalue weighted by Crippen LogP contribution is -2.36. The number of carbonyl (C=O) groups excluding carboxylic acids is 1. The normalized spacial score (nSPS) is 15.8. The monoisotopic (exact) mass is 326 g/mol. The van der Waals surface area contributed by atoms with Gasteiger partial charge in [-0.3, -0.25) is 4.79 Å². The fourth-order valence-corrected chi connectivity index (χ4v) is 2.81. The first kappa shape index (κ1) is 16.5. The van der Waals surface area contributed by atoms with E-state index in [0.29, 0.717) is 0 Å². The average molecular weight is 326 g/mol. The van der Waals surface area contributed by atoms with Crippen molar-refractivity contribution >= 4 is 17.3 Å².